The predicted molar refractivity (Wildman–Crippen MR) is 88.1 cm³/mol. The lowest BCUT2D eigenvalue weighted by Crippen LogP contribution is -2.13. The minimum absolute atomic E-state index is 0.0273. The lowest BCUT2D eigenvalue weighted by Gasteiger charge is -2.06. The van der Waals surface area contributed by atoms with Crippen LogP contribution >= 0.6 is 0 Å². The zero-order chi connectivity index (χ0) is 17.5. The number of carbonyl (C=O) groups excluding carboxylic acids is 2. The van der Waals surface area contributed by atoms with E-state index in [4.69, 9.17) is 5.26 Å². The van der Waals surface area contributed by atoms with Crippen LogP contribution < -0.4 is 5.32 Å². The quantitative estimate of drug-likeness (QED) is 0.512. The number of hydrogen-bond donors (Lipinski definition) is 2. The van der Waals surface area contributed by atoms with E-state index in [1.165, 1.54) is 43.5 Å². The standard InChI is InChI=1S/C18H14N2O4/c1-24-18(23)12-6-8-15(9-7-12)20-17(22)14(11-19)10-13-4-2-3-5-16(13)21/h2-10,21H,1H3,(H,20,22)/b14-10+. The van der Waals surface area contributed by atoms with Crippen molar-refractivity contribution in [2.24, 2.45) is 0 Å². The Kier molecular flexibility index (Phi) is 5.32. The van der Waals surface area contributed by atoms with Crippen LogP contribution in [0.25, 0.3) is 6.08 Å². The molecule has 2 rings (SSSR count). The SMILES string of the molecule is COC(=O)c1ccc(NC(=O)/C(C#N)=C/c2ccccc2O)cc1. The van der Waals surface area contributed by atoms with Crippen LogP contribution in [0.4, 0.5) is 5.69 Å². The number of para-hydroxylation sites is 1. The van der Waals surface area contributed by atoms with Gasteiger partial charge in [0.2, 0.25) is 0 Å². The maximum atomic E-state index is 12.2. The number of esters is 1. The van der Waals surface area contributed by atoms with Gasteiger partial charge in [0.25, 0.3) is 5.91 Å². The third kappa shape index (κ3) is 3.99. The maximum absolute atomic E-state index is 12.2. The van der Waals surface area contributed by atoms with E-state index in [1.807, 2.05) is 0 Å². The highest BCUT2D eigenvalue weighted by Crippen LogP contribution is 2.19. The highest BCUT2D eigenvalue weighted by atomic mass is 16.5. The molecule has 0 aliphatic carbocycles. The summed E-state index contributed by atoms with van der Waals surface area (Å²) in [5.41, 5.74) is 0.977. The number of amides is 1. The molecule has 0 atom stereocenters. The Labute approximate surface area is 138 Å². The summed E-state index contributed by atoms with van der Waals surface area (Å²) >= 11 is 0. The fourth-order valence-corrected chi connectivity index (χ4v) is 1.92. The fourth-order valence-electron chi connectivity index (χ4n) is 1.92. The third-order valence-electron chi connectivity index (χ3n) is 3.17. The van der Waals surface area contributed by atoms with Crippen LogP contribution in [0.2, 0.25) is 0 Å². The van der Waals surface area contributed by atoms with Gasteiger partial charge in [0.1, 0.15) is 17.4 Å². The van der Waals surface area contributed by atoms with E-state index in [0.717, 1.165) is 0 Å². The zero-order valence-electron chi connectivity index (χ0n) is 12.8. The molecule has 6 nitrogen and oxygen atoms in total. The van der Waals surface area contributed by atoms with Crippen LogP contribution in [0.5, 0.6) is 5.75 Å². The third-order valence-corrected chi connectivity index (χ3v) is 3.17. The van der Waals surface area contributed by atoms with Crippen LogP contribution in [0.15, 0.2) is 54.1 Å². The molecule has 0 fully saturated rings. The van der Waals surface area contributed by atoms with Gasteiger partial charge in [-0.3, -0.25) is 4.79 Å². The van der Waals surface area contributed by atoms with Gasteiger partial charge in [-0.05, 0) is 36.4 Å². The summed E-state index contributed by atoms with van der Waals surface area (Å²) < 4.78 is 4.59. The summed E-state index contributed by atoms with van der Waals surface area (Å²) in [5, 5.41) is 21.4. The van der Waals surface area contributed by atoms with Crippen molar-refractivity contribution in [2.75, 3.05) is 12.4 Å². The van der Waals surface area contributed by atoms with Gasteiger partial charge >= 0.3 is 5.97 Å². The molecule has 0 heterocycles. The van der Waals surface area contributed by atoms with Crippen molar-refractivity contribution in [3.8, 4) is 11.8 Å². The molecule has 0 aromatic heterocycles. The Morgan fingerprint density at radius 2 is 1.83 bits per heavy atom. The molecule has 24 heavy (non-hydrogen) atoms. The molecular weight excluding hydrogens is 308 g/mol. The Balaban J connectivity index is 2.17. The van der Waals surface area contributed by atoms with E-state index in [-0.39, 0.29) is 11.3 Å². The molecule has 0 radical (unpaired) electrons. The molecule has 0 saturated heterocycles. The summed E-state index contributed by atoms with van der Waals surface area (Å²) in [6.07, 6.45) is 1.30. The van der Waals surface area contributed by atoms with Gasteiger partial charge in [0, 0.05) is 11.3 Å². The van der Waals surface area contributed by atoms with E-state index in [0.29, 0.717) is 16.8 Å². The lowest BCUT2D eigenvalue weighted by molar-refractivity contribution is -0.112. The number of nitriles is 1. The fraction of sp³-hybridized carbons (Fsp3) is 0.0556. The van der Waals surface area contributed by atoms with E-state index in [9.17, 15) is 14.7 Å². The highest BCUT2D eigenvalue weighted by Gasteiger charge is 2.11. The van der Waals surface area contributed by atoms with Crippen LogP contribution in [0.3, 0.4) is 0 Å². The summed E-state index contributed by atoms with van der Waals surface area (Å²) in [5.74, 6) is -1.13. The molecule has 120 valence electrons. The maximum Gasteiger partial charge on any atom is 0.337 e. The molecule has 0 saturated carbocycles. The van der Waals surface area contributed by atoms with Crippen molar-refractivity contribution in [1.82, 2.24) is 0 Å². The monoisotopic (exact) mass is 322 g/mol. The largest absolute Gasteiger partial charge is 0.507 e. The number of carbonyl (C=O) groups is 2. The number of nitrogens with zero attached hydrogens (tertiary/aromatic N) is 1. The second-order valence-corrected chi connectivity index (χ2v) is 4.75. The number of ether oxygens (including phenoxy) is 1. The van der Waals surface area contributed by atoms with Crippen LogP contribution in [-0.2, 0) is 9.53 Å². The van der Waals surface area contributed by atoms with Gasteiger partial charge in [0.05, 0.1) is 12.7 Å². The van der Waals surface area contributed by atoms with E-state index in [2.05, 4.69) is 10.1 Å². The Bertz CT molecular complexity index is 833. The number of aromatic hydroxyl groups is 1. The van der Waals surface area contributed by atoms with Gasteiger partial charge in [0.15, 0.2) is 0 Å². The summed E-state index contributed by atoms with van der Waals surface area (Å²) in [6.45, 7) is 0. The number of methoxy groups -OCH3 is 1. The first-order chi connectivity index (χ1) is 11.5. The number of phenolic OH excluding ortho intramolecular Hbond substituents is 1. The second kappa shape index (κ2) is 7.61. The second-order valence-electron chi connectivity index (χ2n) is 4.75. The predicted octanol–water partition coefficient (Wildman–Crippen LogP) is 2.72. The number of phenols is 1. The Morgan fingerprint density at radius 3 is 2.42 bits per heavy atom. The number of hydrogen-bond acceptors (Lipinski definition) is 5. The van der Waals surface area contributed by atoms with Crippen molar-refractivity contribution in [3.63, 3.8) is 0 Å². The van der Waals surface area contributed by atoms with Gasteiger partial charge in [-0.2, -0.15) is 5.26 Å². The molecule has 2 aromatic rings. The average Bonchev–Trinajstić information content (AvgIpc) is 2.61. The smallest absolute Gasteiger partial charge is 0.337 e. The van der Waals surface area contributed by atoms with E-state index >= 15 is 0 Å². The van der Waals surface area contributed by atoms with Crippen molar-refractivity contribution >= 4 is 23.6 Å². The Hall–Kier alpha value is -3.59. The molecule has 0 spiro atoms. The molecule has 6 heteroatoms. The van der Waals surface area contributed by atoms with E-state index in [1.54, 1.807) is 24.3 Å². The number of benzene rings is 2. The summed E-state index contributed by atoms with van der Waals surface area (Å²) in [4.78, 5) is 23.5. The van der Waals surface area contributed by atoms with Crippen molar-refractivity contribution in [2.45, 2.75) is 0 Å². The average molecular weight is 322 g/mol. The van der Waals surface area contributed by atoms with Crippen LogP contribution in [-0.4, -0.2) is 24.1 Å². The van der Waals surface area contributed by atoms with Crippen molar-refractivity contribution in [1.29, 1.82) is 5.26 Å². The first kappa shape index (κ1) is 16.8. The molecule has 1 amide bonds. The minimum atomic E-state index is -0.619. The molecule has 0 aliphatic heterocycles. The molecular formula is C18H14N2O4. The molecule has 2 aromatic carbocycles. The van der Waals surface area contributed by atoms with Crippen LogP contribution in [0, 0.1) is 11.3 Å². The van der Waals surface area contributed by atoms with Crippen LogP contribution in [0.1, 0.15) is 15.9 Å². The molecule has 2 N–H and O–H groups in total. The van der Waals surface area contributed by atoms with E-state index < -0.39 is 11.9 Å². The van der Waals surface area contributed by atoms with Gasteiger partial charge in [-0.15, -0.1) is 0 Å². The minimum Gasteiger partial charge on any atom is -0.507 e. The summed E-state index contributed by atoms with van der Waals surface area (Å²) in [7, 11) is 1.28. The topological polar surface area (TPSA) is 99.4 Å². The van der Waals surface area contributed by atoms with Gasteiger partial charge in [-0.1, -0.05) is 18.2 Å². The Morgan fingerprint density at radius 1 is 1.17 bits per heavy atom. The first-order valence-corrected chi connectivity index (χ1v) is 6.94. The number of rotatable bonds is 4. The molecule has 0 unspecified atom stereocenters. The van der Waals surface area contributed by atoms with Crippen molar-refractivity contribution in [3.05, 3.63) is 65.2 Å². The first-order valence-electron chi connectivity index (χ1n) is 6.94. The highest BCUT2D eigenvalue weighted by molar-refractivity contribution is 6.10. The normalized spacial score (nSPS) is 10.6. The van der Waals surface area contributed by atoms with Gasteiger partial charge in [-0.25, -0.2) is 4.79 Å². The number of anilines is 1. The van der Waals surface area contributed by atoms with Crippen molar-refractivity contribution < 1.29 is 19.4 Å². The number of nitrogens with one attached hydrogen (secondary N) is 1. The summed E-state index contributed by atoms with van der Waals surface area (Å²) in [6, 6.07) is 14.2. The zero-order valence-corrected chi connectivity index (χ0v) is 12.8. The molecule has 0 bridgehead atoms. The molecule has 0 aliphatic rings. The lowest BCUT2D eigenvalue weighted by atomic mass is 10.1. The van der Waals surface area contributed by atoms with Gasteiger partial charge < -0.3 is 15.2 Å².